The molecule has 0 fully saturated rings. The van der Waals surface area contributed by atoms with Gasteiger partial charge in [0.05, 0.1) is 0 Å². The Morgan fingerprint density at radius 3 is 2.74 bits per heavy atom. The van der Waals surface area contributed by atoms with Crippen LogP contribution in [0.15, 0.2) is 47.1 Å². The molecule has 2 rings (SSSR count). The van der Waals surface area contributed by atoms with Gasteiger partial charge in [0.25, 0.3) is 0 Å². The Morgan fingerprint density at radius 1 is 1.32 bits per heavy atom. The maximum atomic E-state index is 8.81. The van der Waals surface area contributed by atoms with E-state index in [1.54, 1.807) is 12.3 Å². The number of pyridine rings is 1. The first-order valence-electron chi connectivity index (χ1n) is 6.03. The van der Waals surface area contributed by atoms with Crippen molar-refractivity contribution in [2.75, 3.05) is 0 Å². The molecule has 1 N–H and O–H groups in total. The standard InChI is InChI=1S/C15H14BrN3/c1-11(13-2-4-14(16)5-3-13)19-10-12-6-7-18-15(8-12)9-17/h2-8,11,19H,10H2,1H3/t11-/m0/s1. The monoisotopic (exact) mass is 315 g/mol. The summed E-state index contributed by atoms with van der Waals surface area (Å²) in [7, 11) is 0. The fourth-order valence-corrected chi connectivity index (χ4v) is 2.05. The molecule has 0 aliphatic carbocycles. The summed E-state index contributed by atoms with van der Waals surface area (Å²) in [6.45, 7) is 2.84. The SMILES string of the molecule is C[C@H](NCc1ccnc(C#N)c1)c1ccc(Br)cc1. The van der Waals surface area contributed by atoms with Gasteiger partial charge in [0.1, 0.15) is 11.8 Å². The van der Waals surface area contributed by atoms with E-state index < -0.39 is 0 Å². The minimum Gasteiger partial charge on any atom is -0.306 e. The molecule has 1 aromatic heterocycles. The maximum Gasteiger partial charge on any atom is 0.140 e. The number of benzene rings is 1. The molecule has 0 unspecified atom stereocenters. The summed E-state index contributed by atoms with van der Waals surface area (Å²) in [6, 6.07) is 14.3. The van der Waals surface area contributed by atoms with Crippen LogP contribution in [-0.2, 0) is 6.54 Å². The smallest absolute Gasteiger partial charge is 0.140 e. The highest BCUT2D eigenvalue weighted by atomic mass is 79.9. The summed E-state index contributed by atoms with van der Waals surface area (Å²) in [5.74, 6) is 0. The average molecular weight is 316 g/mol. The number of hydrogen-bond donors (Lipinski definition) is 1. The zero-order valence-corrected chi connectivity index (χ0v) is 12.2. The van der Waals surface area contributed by atoms with Gasteiger partial charge in [0, 0.05) is 23.3 Å². The largest absolute Gasteiger partial charge is 0.306 e. The van der Waals surface area contributed by atoms with E-state index in [0.29, 0.717) is 12.2 Å². The van der Waals surface area contributed by atoms with Gasteiger partial charge in [0.15, 0.2) is 0 Å². The van der Waals surface area contributed by atoms with Crippen molar-refractivity contribution >= 4 is 15.9 Å². The Hall–Kier alpha value is -1.70. The third-order valence-electron chi connectivity index (χ3n) is 2.92. The van der Waals surface area contributed by atoms with Gasteiger partial charge in [-0.25, -0.2) is 4.98 Å². The van der Waals surface area contributed by atoms with E-state index in [1.165, 1.54) is 5.56 Å². The van der Waals surface area contributed by atoms with E-state index in [4.69, 9.17) is 5.26 Å². The molecule has 0 saturated carbocycles. The van der Waals surface area contributed by atoms with E-state index in [2.05, 4.69) is 45.3 Å². The summed E-state index contributed by atoms with van der Waals surface area (Å²) >= 11 is 3.43. The quantitative estimate of drug-likeness (QED) is 0.938. The summed E-state index contributed by atoms with van der Waals surface area (Å²) in [6.07, 6.45) is 1.67. The van der Waals surface area contributed by atoms with Crippen molar-refractivity contribution in [2.45, 2.75) is 19.5 Å². The molecule has 0 radical (unpaired) electrons. The number of hydrogen-bond acceptors (Lipinski definition) is 3. The first-order valence-corrected chi connectivity index (χ1v) is 6.82. The van der Waals surface area contributed by atoms with Gasteiger partial charge in [-0.3, -0.25) is 0 Å². The van der Waals surface area contributed by atoms with E-state index in [9.17, 15) is 0 Å². The number of nitriles is 1. The number of halogens is 1. The van der Waals surface area contributed by atoms with Gasteiger partial charge in [-0.2, -0.15) is 5.26 Å². The first-order chi connectivity index (χ1) is 9.19. The van der Waals surface area contributed by atoms with E-state index in [1.807, 2.05) is 24.3 Å². The normalized spacial score (nSPS) is 11.8. The molecule has 0 aliphatic rings. The van der Waals surface area contributed by atoms with Crippen molar-refractivity contribution in [3.8, 4) is 6.07 Å². The molecule has 4 heteroatoms. The number of aromatic nitrogens is 1. The molecule has 3 nitrogen and oxygen atoms in total. The lowest BCUT2D eigenvalue weighted by Crippen LogP contribution is -2.18. The fourth-order valence-electron chi connectivity index (χ4n) is 1.79. The molecule has 1 aromatic carbocycles. The molecule has 0 amide bonds. The number of nitrogens with zero attached hydrogens (tertiary/aromatic N) is 2. The molecule has 0 saturated heterocycles. The maximum absolute atomic E-state index is 8.81. The Morgan fingerprint density at radius 2 is 2.05 bits per heavy atom. The van der Waals surface area contributed by atoms with E-state index in [0.717, 1.165) is 10.0 Å². The molecule has 0 bridgehead atoms. The highest BCUT2D eigenvalue weighted by Gasteiger charge is 2.05. The summed E-state index contributed by atoms with van der Waals surface area (Å²) < 4.78 is 1.08. The third kappa shape index (κ3) is 3.88. The van der Waals surface area contributed by atoms with Crippen LogP contribution >= 0.6 is 15.9 Å². The predicted molar refractivity (Wildman–Crippen MR) is 78.3 cm³/mol. The lowest BCUT2D eigenvalue weighted by Gasteiger charge is -2.14. The van der Waals surface area contributed by atoms with Crippen LogP contribution < -0.4 is 5.32 Å². The molecule has 0 aliphatic heterocycles. The molecule has 1 atom stereocenters. The second-order valence-electron chi connectivity index (χ2n) is 4.32. The summed E-state index contributed by atoms with van der Waals surface area (Å²) in [5.41, 5.74) is 2.75. The predicted octanol–water partition coefficient (Wildman–Crippen LogP) is 3.57. The molecule has 0 spiro atoms. The van der Waals surface area contributed by atoms with Gasteiger partial charge < -0.3 is 5.32 Å². The lowest BCUT2D eigenvalue weighted by atomic mass is 10.1. The Balaban J connectivity index is 1.98. The molecule has 19 heavy (non-hydrogen) atoms. The fraction of sp³-hybridized carbons (Fsp3) is 0.200. The van der Waals surface area contributed by atoms with Crippen molar-refractivity contribution in [3.05, 3.63) is 63.9 Å². The zero-order valence-electron chi connectivity index (χ0n) is 10.6. The van der Waals surface area contributed by atoms with Crippen LogP contribution in [-0.4, -0.2) is 4.98 Å². The van der Waals surface area contributed by atoms with Gasteiger partial charge in [-0.05, 0) is 42.3 Å². The van der Waals surface area contributed by atoms with Crippen LogP contribution in [0.1, 0.15) is 29.8 Å². The van der Waals surface area contributed by atoms with E-state index >= 15 is 0 Å². The highest BCUT2D eigenvalue weighted by molar-refractivity contribution is 9.10. The van der Waals surface area contributed by atoms with Gasteiger partial charge in [-0.15, -0.1) is 0 Å². The third-order valence-corrected chi connectivity index (χ3v) is 3.45. The lowest BCUT2D eigenvalue weighted by molar-refractivity contribution is 0.574. The molecule has 1 heterocycles. The zero-order chi connectivity index (χ0) is 13.7. The van der Waals surface area contributed by atoms with Crippen LogP contribution in [0.2, 0.25) is 0 Å². The van der Waals surface area contributed by atoms with E-state index in [-0.39, 0.29) is 6.04 Å². The number of rotatable bonds is 4. The minimum absolute atomic E-state index is 0.256. The van der Waals surface area contributed by atoms with Gasteiger partial charge in [0.2, 0.25) is 0 Å². The Kier molecular flexibility index (Phi) is 4.67. The highest BCUT2D eigenvalue weighted by Crippen LogP contribution is 2.17. The minimum atomic E-state index is 0.256. The topological polar surface area (TPSA) is 48.7 Å². The van der Waals surface area contributed by atoms with Crippen LogP contribution in [0.3, 0.4) is 0 Å². The second-order valence-corrected chi connectivity index (χ2v) is 5.23. The van der Waals surface area contributed by atoms with Crippen molar-refractivity contribution in [2.24, 2.45) is 0 Å². The van der Waals surface area contributed by atoms with Crippen LogP contribution in [0.5, 0.6) is 0 Å². The Labute approximate surface area is 121 Å². The molecular weight excluding hydrogens is 302 g/mol. The first kappa shape index (κ1) is 13.7. The van der Waals surface area contributed by atoms with Gasteiger partial charge in [-0.1, -0.05) is 28.1 Å². The average Bonchev–Trinajstić information content (AvgIpc) is 2.46. The van der Waals surface area contributed by atoms with Crippen LogP contribution in [0, 0.1) is 11.3 Å². The van der Waals surface area contributed by atoms with Crippen molar-refractivity contribution in [3.63, 3.8) is 0 Å². The summed E-state index contributed by atoms with van der Waals surface area (Å²) in [5, 5.41) is 12.2. The Bertz CT molecular complexity index is 587. The number of nitrogens with one attached hydrogen (secondary N) is 1. The van der Waals surface area contributed by atoms with Crippen molar-refractivity contribution in [1.29, 1.82) is 5.26 Å². The summed E-state index contributed by atoms with van der Waals surface area (Å²) in [4.78, 5) is 3.96. The van der Waals surface area contributed by atoms with Crippen molar-refractivity contribution < 1.29 is 0 Å². The molecule has 2 aromatic rings. The van der Waals surface area contributed by atoms with Gasteiger partial charge >= 0.3 is 0 Å². The second kappa shape index (κ2) is 6.46. The molecular formula is C15H14BrN3. The van der Waals surface area contributed by atoms with Crippen LogP contribution in [0.25, 0.3) is 0 Å². The molecule has 96 valence electrons. The van der Waals surface area contributed by atoms with Crippen molar-refractivity contribution in [1.82, 2.24) is 10.3 Å². The van der Waals surface area contributed by atoms with Crippen LogP contribution in [0.4, 0.5) is 0 Å².